The lowest BCUT2D eigenvalue weighted by atomic mass is 10.1. The smallest absolute Gasteiger partial charge is 0.317 e. The molecule has 0 bridgehead atoms. The van der Waals surface area contributed by atoms with Crippen molar-refractivity contribution in [3.05, 3.63) is 35.4 Å². The van der Waals surface area contributed by atoms with E-state index in [2.05, 4.69) is 11.4 Å². The first-order chi connectivity index (χ1) is 6.59. The average molecular weight is 193 g/mol. The third-order valence-corrected chi connectivity index (χ3v) is 2.10. The van der Waals surface area contributed by atoms with Crippen LogP contribution >= 0.6 is 0 Å². The van der Waals surface area contributed by atoms with E-state index in [0.29, 0.717) is 0 Å². The normalized spacial score (nSPS) is 12.4. The van der Waals surface area contributed by atoms with Gasteiger partial charge < -0.3 is 10.4 Å². The molecule has 3 nitrogen and oxygen atoms in total. The molecule has 76 valence electrons. The monoisotopic (exact) mass is 193 g/mol. The molecule has 0 saturated carbocycles. The summed E-state index contributed by atoms with van der Waals surface area (Å²) in [6, 6.07) is 8.12. The Balaban J connectivity index is 2.60. The summed E-state index contributed by atoms with van der Waals surface area (Å²) in [7, 11) is 0. The molecule has 14 heavy (non-hydrogen) atoms. The summed E-state index contributed by atoms with van der Waals surface area (Å²) >= 11 is 0. The van der Waals surface area contributed by atoms with Gasteiger partial charge in [0.15, 0.2) is 0 Å². The van der Waals surface area contributed by atoms with E-state index in [-0.39, 0.29) is 12.6 Å². The second-order valence-corrected chi connectivity index (χ2v) is 3.41. The summed E-state index contributed by atoms with van der Waals surface area (Å²) in [5.41, 5.74) is 2.30. The van der Waals surface area contributed by atoms with Crippen LogP contribution in [0.2, 0.25) is 0 Å². The van der Waals surface area contributed by atoms with Gasteiger partial charge in [-0.25, -0.2) is 0 Å². The van der Waals surface area contributed by atoms with Gasteiger partial charge in [-0.1, -0.05) is 29.8 Å². The Morgan fingerprint density at radius 1 is 1.57 bits per heavy atom. The summed E-state index contributed by atoms with van der Waals surface area (Å²) in [4.78, 5) is 10.3. The predicted octanol–water partition coefficient (Wildman–Crippen LogP) is 1.73. The van der Waals surface area contributed by atoms with Crippen LogP contribution in [0.4, 0.5) is 0 Å². The molecule has 1 aromatic rings. The highest BCUT2D eigenvalue weighted by Gasteiger charge is 2.05. The van der Waals surface area contributed by atoms with Crippen LogP contribution in [0, 0.1) is 6.92 Å². The van der Waals surface area contributed by atoms with Crippen molar-refractivity contribution in [3.8, 4) is 0 Å². The molecule has 0 radical (unpaired) electrons. The zero-order valence-electron chi connectivity index (χ0n) is 8.45. The minimum atomic E-state index is -0.829. The highest BCUT2D eigenvalue weighted by molar-refractivity contribution is 5.69. The molecule has 0 aliphatic rings. The maximum Gasteiger partial charge on any atom is 0.317 e. The minimum Gasteiger partial charge on any atom is -0.480 e. The molecule has 1 rings (SSSR count). The third-order valence-electron chi connectivity index (χ3n) is 2.10. The Kier molecular flexibility index (Phi) is 3.65. The van der Waals surface area contributed by atoms with E-state index >= 15 is 0 Å². The highest BCUT2D eigenvalue weighted by Crippen LogP contribution is 2.12. The van der Waals surface area contributed by atoms with Gasteiger partial charge in [-0.2, -0.15) is 0 Å². The van der Waals surface area contributed by atoms with Crippen molar-refractivity contribution in [1.29, 1.82) is 0 Å². The predicted molar refractivity (Wildman–Crippen MR) is 55.2 cm³/mol. The third kappa shape index (κ3) is 3.18. The molecule has 0 amide bonds. The van der Waals surface area contributed by atoms with Crippen molar-refractivity contribution in [2.24, 2.45) is 0 Å². The number of carboxylic acid groups (broad SMARTS) is 1. The lowest BCUT2D eigenvalue weighted by Gasteiger charge is -2.12. The van der Waals surface area contributed by atoms with Gasteiger partial charge in [-0.3, -0.25) is 4.79 Å². The quantitative estimate of drug-likeness (QED) is 0.765. The minimum absolute atomic E-state index is 0.00485. The van der Waals surface area contributed by atoms with Gasteiger partial charge in [0.1, 0.15) is 0 Å². The number of rotatable bonds is 4. The molecular formula is C11H15NO2. The number of aryl methyl sites for hydroxylation is 1. The average Bonchev–Trinajstić information content (AvgIpc) is 2.14. The van der Waals surface area contributed by atoms with Crippen molar-refractivity contribution in [1.82, 2.24) is 5.32 Å². The fourth-order valence-electron chi connectivity index (χ4n) is 1.30. The van der Waals surface area contributed by atoms with Crippen LogP contribution < -0.4 is 5.32 Å². The SMILES string of the molecule is Cc1cccc([C@H](C)NCC(=O)O)c1. The van der Waals surface area contributed by atoms with E-state index in [4.69, 9.17) is 5.11 Å². The Morgan fingerprint density at radius 2 is 2.29 bits per heavy atom. The number of hydrogen-bond donors (Lipinski definition) is 2. The Morgan fingerprint density at radius 3 is 2.86 bits per heavy atom. The molecule has 3 heteroatoms. The first-order valence-corrected chi connectivity index (χ1v) is 4.61. The lowest BCUT2D eigenvalue weighted by molar-refractivity contribution is -0.136. The molecule has 0 heterocycles. The van der Waals surface area contributed by atoms with Crippen LogP contribution in [-0.2, 0) is 4.79 Å². The number of nitrogens with one attached hydrogen (secondary N) is 1. The molecule has 0 aliphatic heterocycles. The van der Waals surface area contributed by atoms with Gasteiger partial charge in [-0.05, 0) is 19.4 Å². The van der Waals surface area contributed by atoms with Crippen LogP contribution in [-0.4, -0.2) is 17.6 Å². The fraction of sp³-hybridized carbons (Fsp3) is 0.364. The van der Waals surface area contributed by atoms with Crippen LogP contribution in [0.3, 0.4) is 0 Å². The van der Waals surface area contributed by atoms with E-state index in [1.807, 2.05) is 32.0 Å². The summed E-state index contributed by atoms with van der Waals surface area (Å²) in [6.07, 6.45) is 0. The molecule has 2 N–H and O–H groups in total. The van der Waals surface area contributed by atoms with Crippen molar-refractivity contribution >= 4 is 5.97 Å². The van der Waals surface area contributed by atoms with Crippen LogP contribution in [0.5, 0.6) is 0 Å². The van der Waals surface area contributed by atoms with Gasteiger partial charge in [0, 0.05) is 6.04 Å². The number of hydrogen-bond acceptors (Lipinski definition) is 2. The van der Waals surface area contributed by atoms with Crippen molar-refractivity contribution in [2.45, 2.75) is 19.9 Å². The van der Waals surface area contributed by atoms with Crippen molar-refractivity contribution < 1.29 is 9.90 Å². The van der Waals surface area contributed by atoms with E-state index in [1.165, 1.54) is 5.56 Å². The molecule has 0 unspecified atom stereocenters. The summed E-state index contributed by atoms with van der Waals surface area (Å²) in [6.45, 7) is 3.97. The maximum atomic E-state index is 10.3. The molecule has 0 spiro atoms. The lowest BCUT2D eigenvalue weighted by Crippen LogP contribution is -2.25. The van der Waals surface area contributed by atoms with Gasteiger partial charge in [0.05, 0.1) is 6.54 Å². The standard InChI is InChI=1S/C11H15NO2/c1-8-4-3-5-10(6-8)9(2)12-7-11(13)14/h3-6,9,12H,7H2,1-2H3,(H,13,14)/t9-/m0/s1. The van der Waals surface area contributed by atoms with E-state index < -0.39 is 5.97 Å². The number of aliphatic carboxylic acids is 1. The van der Waals surface area contributed by atoms with E-state index in [0.717, 1.165) is 5.56 Å². The molecule has 0 aliphatic carbocycles. The molecular weight excluding hydrogens is 178 g/mol. The number of benzene rings is 1. The Labute approximate surface area is 83.8 Å². The van der Waals surface area contributed by atoms with Gasteiger partial charge in [0.2, 0.25) is 0 Å². The Hall–Kier alpha value is -1.35. The summed E-state index contributed by atoms with van der Waals surface area (Å²) in [5.74, 6) is -0.829. The first-order valence-electron chi connectivity index (χ1n) is 4.61. The Bertz CT molecular complexity index is 323. The van der Waals surface area contributed by atoms with Crippen molar-refractivity contribution in [2.75, 3.05) is 6.54 Å². The molecule has 0 saturated heterocycles. The first kappa shape index (κ1) is 10.7. The molecule has 0 aromatic heterocycles. The van der Waals surface area contributed by atoms with E-state index in [9.17, 15) is 4.79 Å². The summed E-state index contributed by atoms with van der Waals surface area (Å²) in [5, 5.41) is 11.4. The highest BCUT2D eigenvalue weighted by atomic mass is 16.4. The fourth-order valence-corrected chi connectivity index (χ4v) is 1.30. The number of carbonyl (C=O) groups is 1. The maximum absolute atomic E-state index is 10.3. The molecule has 0 fully saturated rings. The zero-order chi connectivity index (χ0) is 10.6. The second-order valence-electron chi connectivity index (χ2n) is 3.41. The second kappa shape index (κ2) is 4.77. The zero-order valence-corrected chi connectivity index (χ0v) is 8.45. The summed E-state index contributed by atoms with van der Waals surface area (Å²) < 4.78 is 0. The van der Waals surface area contributed by atoms with Gasteiger partial charge in [0.25, 0.3) is 0 Å². The topological polar surface area (TPSA) is 49.3 Å². The van der Waals surface area contributed by atoms with Crippen LogP contribution in [0.25, 0.3) is 0 Å². The largest absolute Gasteiger partial charge is 0.480 e. The van der Waals surface area contributed by atoms with Crippen LogP contribution in [0.15, 0.2) is 24.3 Å². The van der Waals surface area contributed by atoms with Gasteiger partial charge >= 0.3 is 5.97 Å². The van der Waals surface area contributed by atoms with Crippen LogP contribution in [0.1, 0.15) is 24.1 Å². The van der Waals surface area contributed by atoms with E-state index in [1.54, 1.807) is 0 Å². The number of carboxylic acids is 1. The van der Waals surface area contributed by atoms with Gasteiger partial charge in [-0.15, -0.1) is 0 Å². The molecule has 1 aromatic carbocycles. The van der Waals surface area contributed by atoms with Crippen molar-refractivity contribution in [3.63, 3.8) is 0 Å². The molecule has 1 atom stereocenters.